The van der Waals surface area contributed by atoms with Crippen LogP contribution in [0.1, 0.15) is 82.4 Å². The van der Waals surface area contributed by atoms with Crippen molar-refractivity contribution in [1.29, 1.82) is 0 Å². The average molecular weight is 433 g/mol. The van der Waals surface area contributed by atoms with Gasteiger partial charge >= 0.3 is 0 Å². The molecule has 0 bridgehead atoms. The van der Waals surface area contributed by atoms with Gasteiger partial charge in [0.2, 0.25) is 0 Å². The van der Waals surface area contributed by atoms with Crippen molar-refractivity contribution in [3.63, 3.8) is 0 Å². The van der Waals surface area contributed by atoms with Crippen LogP contribution >= 0.6 is 0 Å². The van der Waals surface area contributed by atoms with E-state index in [4.69, 9.17) is 0 Å². The van der Waals surface area contributed by atoms with Gasteiger partial charge in [0.15, 0.2) is 0 Å². The van der Waals surface area contributed by atoms with Gasteiger partial charge in [-0.25, -0.2) is 4.98 Å². The number of pyridine rings is 1. The number of nitrogens with zero attached hydrogens (tertiary/aromatic N) is 2. The Labute approximate surface area is 197 Å². The molecule has 0 radical (unpaired) electrons. The number of anilines is 1. The van der Waals surface area contributed by atoms with Crippen LogP contribution in [0, 0.1) is 12.8 Å². The molecule has 0 spiro atoms. The summed E-state index contributed by atoms with van der Waals surface area (Å²) in [6, 6.07) is 12.7. The maximum absolute atomic E-state index is 4.48. The highest BCUT2D eigenvalue weighted by Crippen LogP contribution is 2.25. The van der Waals surface area contributed by atoms with E-state index < -0.39 is 0 Å². The minimum atomic E-state index is 0.710. The fourth-order valence-electron chi connectivity index (χ4n) is 4.38. The minimum absolute atomic E-state index is 0.710. The van der Waals surface area contributed by atoms with E-state index in [1.165, 1.54) is 67.2 Å². The lowest BCUT2D eigenvalue weighted by atomic mass is 9.91. The molecule has 174 valence electrons. The molecule has 1 aliphatic carbocycles. The minimum Gasteiger partial charge on any atom is -0.357 e. The van der Waals surface area contributed by atoms with E-state index in [1.807, 2.05) is 6.20 Å². The normalized spacial score (nSPS) is 15.8. The molecule has 32 heavy (non-hydrogen) atoms. The highest BCUT2D eigenvalue weighted by Gasteiger charge is 2.20. The Balaban J connectivity index is 0.000000195. The van der Waals surface area contributed by atoms with Crippen molar-refractivity contribution < 1.29 is 0 Å². The van der Waals surface area contributed by atoms with Gasteiger partial charge in [0.25, 0.3) is 0 Å². The average Bonchev–Trinajstić information content (AvgIpc) is 3.40. The van der Waals surface area contributed by atoms with Gasteiger partial charge in [0, 0.05) is 19.3 Å². The van der Waals surface area contributed by atoms with E-state index >= 15 is 0 Å². The van der Waals surface area contributed by atoms with E-state index in [2.05, 4.69) is 87.1 Å². The number of rotatable bonds is 4. The molecule has 2 nitrogen and oxygen atoms in total. The Morgan fingerprint density at radius 2 is 1.53 bits per heavy atom. The molecule has 0 amide bonds. The molecular formula is C30H44N2. The van der Waals surface area contributed by atoms with Crippen LogP contribution in [0.4, 0.5) is 5.82 Å². The molecule has 1 saturated carbocycles. The zero-order chi connectivity index (χ0) is 23.3. The SMILES string of the molecule is C1CCCC1.C=C(C)C1CCN(c2ccc(C)cn2)CC1.C=C(C)c1ccccc1CC. The Morgan fingerprint density at radius 1 is 0.938 bits per heavy atom. The zero-order valence-electron chi connectivity index (χ0n) is 21.0. The highest BCUT2D eigenvalue weighted by atomic mass is 15.2. The van der Waals surface area contributed by atoms with Crippen LogP contribution in [0.5, 0.6) is 0 Å². The topological polar surface area (TPSA) is 16.1 Å². The summed E-state index contributed by atoms with van der Waals surface area (Å²) < 4.78 is 0. The van der Waals surface area contributed by atoms with Crippen molar-refractivity contribution in [2.75, 3.05) is 18.0 Å². The number of hydrogen-bond acceptors (Lipinski definition) is 2. The summed E-state index contributed by atoms with van der Waals surface area (Å²) in [6.45, 7) is 18.6. The van der Waals surface area contributed by atoms with Crippen molar-refractivity contribution in [3.8, 4) is 0 Å². The lowest BCUT2D eigenvalue weighted by molar-refractivity contribution is 0.457. The van der Waals surface area contributed by atoms with Gasteiger partial charge < -0.3 is 4.90 Å². The summed E-state index contributed by atoms with van der Waals surface area (Å²) in [5, 5.41) is 0. The molecule has 0 atom stereocenters. The molecule has 1 aromatic carbocycles. The van der Waals surface area contributed by atoms with E-state index in [0.717, 1.165) is 30.9 Å². The fourth-order valence-corrected chi connectivity index (χ4v) is 4.38. The molecule has 1 aromatic heterocycles. The molecule has 0 unspecified atom stereocenters. The van der Waals surface area contributed by atoms with Crippen LogP contribution in [0.25, 0.3) is 5.57 Å². The first kappa shape index (κ1) is 25.9. The second-order valence-electron chi connectivity index (χ2n) is 9.36. The summed E-state index contributed by atoms with van der Waals surface area (Å²) in [7, 11) is 0. The van der Waals surface area contributed by atoms with Crippen molar-refractivity contribution in [2.45, 2.75) is 79.1 Å². The summed E-state index contributed by atoms with van der Waals surface area (Å²) in [4.78, 5) is 6.85. The van der Waals surface area contributed by atoms with Crippen LogP contribution in [-0.2, 0) is 6.42 Å². The second-order valence-corrected chi connectivity index (χ2v) is 9.36. The summed E-state index contributed by atoms with van der Waals surface area (Å²) in [6.07, 6.45) is 13.0. The first-order valence-electron chi connectivity index (χ1n) is 12.5. The van der Waals surface area contributed by atoms with Gasteiger partial charge in [-0.05, 0) is 68.7 Å². The summed E-state index contributed by atoms with van der Waals surface area (Å²) in [5.41, 5.74) is 6.40. The zero-order valence-corrected chi connectivity index (χ0v) is 21.0. The van der Waals surface area contributed by atoms with Crippen LogP contribution in [0.3, 0.4) is 0 Å². The number of hydrogen-bond donors (Lipinski definition) is 0. The van der Waals surface area contributed by atoms with Crippen molar-refractivity contribution in [1.82, 2.24) is 4.98 Å². The monoisotopic (exact) mass is 432 g/mol. The van der Waals surface area contributed by atoms with Crippen molar-refractivity contribution >= 4 is 11.4 Å². The Bertz CT molecular complexity index is 815. The second kappa shape index (κ2) is 13.9. The predicted octanol–water partition coefficient (Wildman–Crippen LogP) is 8.42. The maximum Gasteiger partial charge on any atom is 0.128 e. The first-order chi connectivity index (χ1) is 15.4. The number of aryl methyl sites for hydroxylation is 2. The van der Waals surface area contributed by atoms with Gasteiger partial charge in [0.05, 0.1) is 0 Å². The van der Waals surface area contributed by atoms with Crippen LogP contribution in [0.2, 0.25) is 0 Å². The quantitative estimate of drug-likeness (QED) is 0.451. The van der Waals surface area contributed by atoms with E-state index in [1.54, 1.807) is 0 Å². The van der Waals surface area contributed by atoms with Crippen molar-refractivity contribution in [2.24, 2.45) is 5.92 Å². The summed E-state index contributed by atoms with van der Waals surface area (Å²) >= 11 is 0. The molecule has 2 heteroatoms. The van der Waals surface area contributed by atoms with Crippen molar-refractivity contribution in [3.05, 3.63) is 78.0 Å². The molecule has 1 aliphatic heterocycles. The molecule has 2 aromatic rings. The van der Waals surface area contributed by atoms with Crippen LogP contribution in [0.15, 0.2) is 61.3 Å². The van der Waals surface area contributed by atoms with Crippen LogP contribution in [-0.4, -0.2) is 18.1 Å². The molecule has 1 saturated heterocycles. The third-order valence-corrected chi connectivity index (χ3v) is 6.52. The highest BCUT2D eigenvalue weighted by molar-refractivity contribution is 5.64. The third kappa shape index (κ3) is 8.65. The summed E-state index contributed by atoms with van der Waals surface area (Å²) in [5.74, 6) is 1.83. The van der Waals surface area contributed by atoms with Gasteiger partial charge in [-0.15, -0.1) is 0 Å². The van der Waals surface area contributed by atoms with Gasteiger partial charge in [-0.2, -0.15) is 0 Å². The first-order valence-corrected chi connectivity index (χ1v) is 12.5. The molecule has 2 fully saturated rings. The van der Waals surface area contributed by atoms with E-state index in [-0.39, 0.29) is 0 Å². The number of allylic oxidation sites excluding steroid dienone is 2. The molecular weight excluding hydrogens is 388 g/mol. The lowest BCUT2D eigenvalue weighted by Crippen LogP contribution is -2.34. The lowest BCUT2D eigenvalue weighted by Gasteiger charge is -2.33. The predicted molar refractivity (Wildman–Crippen MR) is 142 cm³/mol. The van der Waals surface area contributed by atoms with Crippen LogP contribution < -0.4 is 4.90 Å². The maximum atomic E-state index is 4.48. The number of aromatic nitrogens is 1. The Hall–Kier alpha value is -2.35. The molecule has 2 aliphatic rings. The Morgan fingerprint density at radius 3 is 1.97 bits per heavy atom. The van der Waals surface area contributed by atoms with Gasteiger partial charge in [-0.1, -0.05) is 93.7 Å². The standard InChI is InChI=1S/C14H20N2.C11H14.C5H10/c1-11(2)13-6-8-16(9-7-13)14-5-4-12(3)10-15-14;1-4-10-7-5-6-8-11(10)9(2)3;1-2-4-5-3-1/h4-5,10,13H,1,6-9H2,2-3H3;5-8H,2,4H2,1,3H3;1-5H2. The molecule has 4 rings (SSSR count). The van der Waals surface area contributed by atoms with Gasteiger partial charge in [0.1, 0.15) is 5.82 Å². The van der Waals surface area contributed by atoms with E-state index in [0.29, 0.717) is 5.92 Å². The molecule has 0 N–H and O–H groups in total. The Kier molecular flexibility index (Phi) is 11.3. The fraction of sp³-hybridized carbons (Fsp3) is 0.500. The van der Waals surface area contributed by atoms with E-state index in [9.17, 15) is 0 Å². The molecule has 2 heterocycles. The third-order valence-electron chi connectivity index (χ3n) is 6.52. The number of benzene rings is 1. The number of piperidine rings is 1. The van der Waals surface area contributed by atoms with Gasteiger partial charge in [-0.3, -0.25) is 0 Å². The smallest absolute Gasteiger partial charge is 0.128 e. The largest absolute Gasteiger partial charge is 0.357 e.